The summed E-state index contributed by atoms with van der Waals surface area (Å²) in [4.78, 5) is 16.9. The Hall–Kier alpha value is -3.67. The van der Waals surface area contributed by atoms with Crippen LogP contribution >= 0.6 is 0 Å². The van der Waals surface area contributed by atoms with E-state index in [0.29, 0.717) is 17.7 Å². The van der Waals surface area contributed by atoms with E-state index < -0.39 is 0 Å². The van der Waals surface area contributed by atoms with Crippen LogP contribution in [0.5, 0.6) is 5.75 Å². The molecule has 3 heterocycles. The van der Waals surface area contributed by atoms with Crippen molar-refractivity contribution in [2.45, 2.75) is 6.42 Å². The molecule has 6 heteroatoms. The van der Waals surface area contributed by atoms with Gasteiger partial charge in [0.2, 0.25) is 0 Å². The number of fused-ring (bicyclic) bond motifs is 3. The van der Waals surface area contributed by atoms with Gasteiger partial charge >= 0.3 is 0 Å². The fourth-order valence-electron chi connectivity index (χ4n) is 3.64. The van der Waals surface area contributed by atoms with E-state index in [-0.39, 0.29) is 12.6 Å². The summed E-state index contributed by atoms with van der Waals surface area (Å²) < 4.78 is 7.49. The normalized spacial score (nSPS) is 13.1. The quantitative estimate of drug-likeness (QED) is 0.601. The van der Waals surface area contributed by atoms with Gasteiger partial charge in [0.25, 0.3) is 5.91 Å². The molecule has 28 heavy (non-hydrogen) atoms. The Labute approximate surface area is 161 Å². The number of pyridine rings is 1. The molecule has 2 aromatic heterocycles. The van der Waals surface area contributed by atoms with Gasteiger partial charge in [-0.1, -0.05) is 30.3 Å². The maximum atomic E-state index is 12.3. The lowest BCUT2D eigenvalue weighted by Gasteiger charge is -2.21. The number of aryl methyl sites for hydroxylation is 1. The minimum atomic E-state index is -0.0988. The SMILES string of the molecule is Cn1cc(-c2ccc(Cc3cc4c(c5ccccc35)OCNC4=O)cn2)cn1. The number of amides is 1. The van der Waals surface area contributed by atoms with Crippen molar-refractivity contribution in [2.24, 2.45) is 7.05 Å². The topological polar surface area (TPSA) is 69.0 Å². The smallest absolute Gasteiger partial charge is 0.257 e. The van der Waals surface area contributed by atoms with Crippen molar-refractivity contribution >= 4 is 16.7 Å². The van der Waals surface area contributed by atoms with Crippen LogP contribution in [0.4, 0.5) is 0 Å². The van der Waals surface area contributed by atoms with Gasteiger partial charge in [0.1, 0.15) is 5.75 Å². The molecule has 0 spiro atoms. The third-order valence-electron chi connectivity index (χ3n) is 4.99. The predicted molar refractivity (Wildman–Crippen MR) is 106 cm³/mol. The summed E-state index contributed by atoms with van der Waals surface area (Å²) in [6.07, 6.45) is 6.31. The van der Waals surface area contributed by atoms with Crippen LogP contribution in [-0.4, -0.2) is 27.4 Å². The Bertz CT molecular complexity index is 1200. The van der Waals surface area contributed by atoms with E-state index in [4.69, 9.17) is 4.74 Å². The first-order chi connectivity index (χ1) is 13.7. The average molecular weight is 370 g/mol. The van der Waals surface area contributed by atoms with Crippen molar-refractivity contribution in [3.05, 3.63) is 77.7 Å². The molecular weight excluding hydrogens is 352 g/mol. The minimum absolute atomic E-state index is 0.0988. The maximum Gasteiger partial charge on any atom is 0.257 e. The van der Waals surface area contributed by atoms with Gasteiger partial charge in [0.05, 0.1) is 17.5 Å². The van der Waals surface area contributed by atoms with E-state index in [1.807, 2.05) is 49.8 Å². The number of aromatic nitrogens is 3. The first-order valence-corrected chi connectivity index (χ1v) is 9.08. The standard InChI is InChI=1S/C22H18N4O2/c1-26-12-16(11-25-26)20-7-6-14(10-23-20)8-15-9-19-21(28-13-24-22(19)27)18-5-3-2-4-17(15)18/h2-7,9-12H,8,13H2,1H3,(H,24,27). The summed E-state index contributed by atoms with van der Waals surface area (Å²) in [5, 5.41) is 8.99. The molecule has 0 saturated heterocycles. The van der Waals surface area contributed by atoms with Crippen LogP contribution in [-0.2, 0) is 13.5 Å². The lowest BCUT2D eigenvalue weighted by atomic mass is 9.94. The van der Waals surface area contributed by atoms with E-state index in [0.717, 1.165) is 33.2 Å². The van der Waals surface area contributed by atoms with Crippen LogP contribution in [0.25, 0.3) is 22.0 Å². The first-order valence-electron chi connectivity index (χ1n) is 9.08. The average Bonchev–Trinajstić information content (AvgIpc) is 3.16. The molecule has 2 aromatic carbocycles. The molecule has 0 radical (unpaired) electrons. The zero-order chi connectivity index (χ0) is 19.1. The minimum Gasteiger partial charge on any atom is -0.472 e. The summed E-state index contributed by atoms with van der Waals surface area (Å²) in [6, 6.07) is 14.0. The molecule has 1 amide bonds. The Morgan fingerprint density at radius 3 is 2.75 bits per heavy atom. The summed E-state index contributed by atoms with van der Waals surface area (Å²) in [5.74, 6) is 0.562. The van der Waals surface area contributed by atoms with Crippen molar-refractivity contribution in [1.82, 2.24) is 20.1 Å². The molecule has 0 bridgehead atoms. The predicted octanol–water partition coefficient (Wildman–Crippen LogP) is 3.31. The van der Waals surface area contributed by atoms with Crippen molar-refractivity contribution in [3.63, 3.8) is 0 Å². The molecule has 1 aliphatic rings. The summed E-state index contributed by atoms with van der Waals surface area (Å²) in [6.45, 7) is 0.203. The molecule has 4 aromatic rings. The molecule has 0 fully saturated rings. The van der Waals surface area contributed by atoms with Gasteiger partial charge < -0.3 is 10.1 Å². The number of carbonyl (C=O) groups is 1. The summed E-state index contributed by atoms with van der Waals surface area (Å²) >= 11 is 0. The number of rotatable bonds is 3. The molecule has 6 nitrogen and oxygen atoms in total. The second-order valence-corrected chi connectivity index (χ2v) is 6.88. The number of carbonyl (C=O) groups excluding carboxylic acids is 1. The Balaban J connectivity index is 1.54. The van der Waals surface area contributed by atoms with Crippen molar-refractivity contribution in [3.8, 4) is 17.0 Å². The molecular formula is C22H18N4O2. The van der Waals surface area contributed by atoms with E-state index >= 15 is 0 Å². The highest BCUT2D eigenvalue weighted by Crippen LogP contribution is 2.35. The van der Waals surface area contributed by atoms with Gasteiger partial charge in [-0.3, -0.25) is 14.5 Å². The van der Waals surface area contributed by atoms with Gasteiger partial charge in [0, 0.05) is 30.4 Å². The second kappa shape index (κ2) is 6.49. The molecule has 138 valence electrons. The largest absolute Gasteiger partial charge is 0.472 e. The Morgan fingerprint density at radius 2 is 2.00 bits per heavy atom. The Morgan fingerprint density at radius 1 is 1.14 bits per heavy atom. The highest BCUT2D eigenvalue weighted by molar-refractivity contribution is 6.05. The number of ether oxygens (including phenoxy) is 1. The Kier molecular flexibility index (Phi) is 3.83. The summed E-state index contributed by atoms with van der Waals surface area (Å²) in [7, 11) is 1.89. The zero-order valence-corrected chi connectivity index (χ0v) is 15.3. The lowest BCUT2D eigenvalue weighted by molar-refractivity contribution is 0.0885. The van der Waals surface area contributed by atoms with Gasteiger partial charge in [-0.15, -0.1) is 0 Å². The lowest BCUT2D eigenvalue weighted by Crippen LogP contribution is -2.33. The van der Waals surface area contributed by atoms with Crippen LogP contribution in [0.1, 0.15) is 21.5 Å². The van der Waals surface area contributed by atoms with E-state index in [1.54, 1.807) is 10.9 Å². The number of hydrogen-bond acceptors (Lipinski definition) is 4. The first kappa shape index (κ1) is 16.5. The molecule has 1 N–H and O–H groups in total. The third kappa shape index (κ3) is 2.79. The monoisotopic (exact) mass is 370 g/mol. The molecule has 0 saturated carbocycles. The van der Waals surface area contributed by atoms with Crippen LogP contribution in [0.2, 0.25) is 0 Å². The van der Waals surface area contributed by atoms with Crippen LogP contribution in [0, 0.1) is 0 Å². The highest BCUT2D eigenvalue weighted by atomic mass is 16.5. The second-order valence-electron chi connectivity index (χ2n) is 6.88. The fourth-order valence-corrected chi connectivity index (χ4v) is 3.64. The van der Waals surface area contributed by atoms with Gasteiger partial charge in [-0.25, -0.2) is 0 Å². The van der Waals surface area contributed by atoms with Crippen molar-refractivity contribution in [1.29, 1.82) is 0 Å². The zero-order valence-electron chi connectivity index (χ0n) is 15.3. The van der Waals surface area contributed by atoms with Crippen molar-refractivity contribution < 1.29 is 9.53 Å². The van der Waals surface area contributed by atoms with Gasteiger partial charge in [-0.2, -0.15) is 5.10 Å². The molecule has 1 aliphatic heterocycles. The number of hydrogen-bond donors (Lipinski definition) is 1. The molecule has 0 unspecified atom stereocenters. The van der Waals surface area contributed by atoms with E-state index in [9.17, 15) is 4.79 Å². The summed E-state index contributed by atoms with van der Waals surface area (Å²) in [5.41, 5.74) is 4.61. The number of benzene rings is 2. The van der Waals surface area contributed by atoms with Crippen LogP contribution in [0.3, 0.4) is 0 Å². The van der Waals surface area contributed by atoms with E-state index in [2.05, 4.69) is 27.5 Å². The van der Waals surface area contributed by atoms with Gasteiger partial charge in [0.15, 0.2) is 6.73 Å². The third-order valence-corrected chi connectivity index (χ3v) is 4.99. The molecule has 5 rings (SSSR count). The maximum absolute atomic E-state index is 12.3. The highest BCUT2D eigenvalue weighted by Gasteiger charge is 2.22. The molecule has 0 atom stereocenters. The van der Waals surface area contributed by atoms with E-state index in [1.165, 1.54) is 0 Å². The number of nitrogens with one attached hydrogen (secondary N) is 1. The molecule has 0 aliphatic carbocycles. The van der Waals surface area contributed by atoms with Crippen molar-refractivity contribution in [2.75, 3.05) is 6.73 Å². The van der Waals surface area contributed by atoms with Crippen LogP contribution < -0.4 is 10.1 Å². The fraction of sp³-hybridized carbons (Fsp3) is 0.136. The van der Waals surface area contributed by atoms with Gasteiger partial charge in [-0.05, 0) is 35.1 Å². The number of nitrogens with zero attached hydrogens (tertiary/aromatic N) is 3. The van der Waals surface area contributed by atoms with Crippen LogP contribution in [0.15, 0.2) is 61.1 Å².